The van der Waals surface area contributed by atoms with Crippen LogP contribution in [0.3, 0.4) is 0 Å². The normalized spacial score (nSPS) is 13.3. The molecule has 0 spiro atoms. The van der Waals surface area contributed by atoms with Crippen LogP contribution in [-0.4, -0.2) is 54.7 Å². The third kappa shape index (κ3) is 9.31. The average molecular weight is 473 g/mol. The fourth-order valence-corrected chi connectivity index (χ4v) is 3.37. The molecule has 0 unspecified atom stereocenters. The van der Waals surface area contributed by atoms with Gasteiger partial charge >= 0.3 is 12.1 Å². The number of carbonyl (C=O) groups excluding carboxylic acids is 3. The third-order valence-electron chi connectivity index (χ3n) is 5.13. The van der Waals surface area contributed by atoms with Gasteiger partial charge in [0, 0.05) is 37.3 Å². The van der Waals surface area contributed by atoms with Crippen molar-refractivity contribution in [2.75, 3.05) is 37.4 Å². The monoisotopic (exact) mass is 472 g/mol. The first-order chi connectivity index (χ1) is 16.3. The minimum atomic E-state index is -0.742. The number of aromatic nitrogens is 2. The average Bonchev–Trinajstić information content (AvgIpc) is 2.83. The number of nitrogens with two attached hydrogens (primary N) is 2. The molecule has 1 saturated heterocycles. The minimum Gasteiger partial charge on any atom is -0.469 e. The van der Waals surface area contributed by atoms with Gasteiger partial charge in [-0.1, -0.05) is 30.3 Å². The number of amides is 2. The Morgan fingerprint density at radius 1 is 1.15 bits per heavy atom. The summed E-state index contributed by atoms with van der Waals surface area (Å²) in [5.41, 5.74) is 12.2. The largest absolute Gasteiger partial charge is 0.469 e. The summed E-state index contributed by atoms with van der Waals surface area (Å²) in [6.45, 7) is 3.92. The number of piperidine rings is 1. The molecule has 34 heavy (non-hydrogen) atoms. The van der Waals surface area contributed by atoms with E-state index in [1.807, 2.05) is 43.3 Å². The second kappa shape index (κ2) is 13.6. The van der Waals surface area contributed by atoms with Gasteiger partial charge in [0.15, 0.2) is 0 Å². The number of rotatable bonds is 7. The molecule has 0 aliphatic carbocycles. The molecule has 11 heteroatoms. The summed E-state index contributed by atoms with van der Waals surface area (Å²) >= 11 is 0. The standard InChI is InChI=1S/C15H23N5O3.C8H9NO2/c1-10-9-12(19-15(16)18-10)20-7-4-11(5-8-20)14(22)17-6-3-13(21)23-2;9-8(10)11-6-7-4-2-1-3-5-7/h9,11H,3-8H2,1-2H3,(H,17,22)(H2,16,18,19);1-5H,6H2,(H2,9,10). The number of anilines is 2. The molecule has 1 aliphatic rings. The van der Waals surface area contributed by atoms with Crippen LogP contribution in [-0.2, 0) is 25.7 Å². The van der Waals surface area contributed by atoms with Gasteiger partial charge in [0.05, 0.1) is 13.5 Å². The zero-order valence-electron chi connectivity index (χ0n) is 19.5. The van der Waals surface area contributed by atoms with E-state index in [1.54, 1.807) is 0 Å². The highest BCUT2D eigenvalue weighted by Crippen LogP contribution is 2.22. The highest BCUT2D eigenvalue weighted by Gasteiger charge is 2.25. The van der Waals surface area contributed by atoms with Crippen molar-refractivity contribution in [3.63, 3.8) is 0 Å². The predicted molar refractivity (Wildman–Crippen MR) is 127 cm³/mol. The SMILES string of the molecule is COC(=O)CCNC(=O)C1CCN(c2cc(C)nc(N)n2)CC1.NC(=O)OCc1ccccc1. The number of carbonyl (C=O) groups is 3. The maximum Gasteiger partial charge on any atom is 0.404 e. The van der Waals surface area contributed by atoms with E-state index >= 15 is 0 Å². The lowest BCUT2D eigenvalue weighted by Gasteiger charge is -2.32. The molecule has 2 aromatic rings. The van der Waals surface area contributed by atoms with Crippen LogP contribution >= 0.6 is 0 Å². The van der Waals surface area contributed by atoms with Gasteiger partial charge in [0.1, 0.15) is 12.4 Å². The molecule has 1 fully saturated rings. The number of nitrogen functional groups attached to an aromatic ring is 1. The number of nitrogens with zero attached hydrogens (tertiary/aromatic N) is 3. The molecule has 2 amide bonds. The van der Waals surface area contributed by atoms with Gasteiger partial charge in [-0.25, -0.2) is 9.78 Å². The lowest BCUT2D eigenvalue weighted by molar-refractivity contribution is -0.140. The van der Waals surface area contributed by atoms with Crippen molar-refractivity contribution in [3.8, 4) is 0 Å². The van der Waals surface area contributed by atoms with Crippen molar-refractivity contribution in [3.05, 3.63) is 47.7 Å². The number of hydrogen-bond acceptors (Lipinski definition) is 9. The maximum atomic E-state index is 12.1. The Hall–Kier alpha value is -3.89. The number of benzene rings is 1. The fourth-order valence-electron chi connectivity index (χ4n) is 3.37. The molecule has 0 atom stereocenters. The lowest BCUT2D eigenvalue weighted by atomic mass is 9.96. The maximum absolute atomic E-state index is 12.1. The molecule has 1 aromatic heterocycles. The van der Waals surface area contributed by atoms with Gasteiger partial charge in [0.2, 0.25) is 11.9 Å². The van der Waals surface area contributed by atoms with Crippen molar-refractivity contribution < 1.29 is 23.9 Å². The number of hydrogen-bond donors (Lipinski definition) is 3. The van der Waals surface area contributed by atoms with E-state index in [4.69, 9.17) is 11.5 Å². The van der Waals surface area contributed by atoms with Gasteiger partial charge in [0.25, 0.3) is 0 Å². The Kier molecular flexibility index (Phi) is 10.6. The lowest BCUT2D eigenvalue weighted by Crippen LogP contribution is -2.41. The predicted octanol–water partition coefficient (Wildman–Crippen LogP) is 1.54. The number of primary amides is 1. The van der Waals surface area contributed by atoms with Gasteiger partial charge in [-0.15, -0.1) is 0 Å². The molecule has 184 valence electrons. The van der Waals surface area contributed by atoms with E-state index in [-0.39, 0.29) is 36.8 Å². The summed E-state index contributed by atoms with van der Waals surface area (Å²) in [5.74, 6) is 0.704. The Morgan fingerprint density at radius 2 is 1.82 bits per heavy atom. The van der Waals surface area contributed by atoms with Crippen LogP contribution < -0.4 is 21.7 Å². The minimum absolute atomic E-state index is 0.00747. The second-order valence-corrected chi connectivity index (χ2v) is 7.70. The van der Waals surface area contributed by atoms with E-state index in [0.717, 1.165) is 43.0 Å². The summed E-state index contributed by atoms with van der Waals surface area (Å²) in [6.07, 6.45) is 0.939. The van der Waals surface area contributed by atoms with Crippen molar-refractivity contribution in [1.29, 1.82) is 0 Å². The Balaban J connectivity index is 0.000000310. The van der Waals surface area contributed by atoms with Crippen LogP contribution in [0, 0.1) is 12.8 Å². The first kappa shape index (κ1) is 26.4. The Labute approximate surface area is 198 Å². The number of methoxy groups -OCH3 is 1. The van der Waals surface area contributed by atoms with Crippen molar-refractivity contribution in [2.45, 2.75) is 32.8 Å². The van der Waals surface area contributed by atoms with E-state index in [2.05, 4.69) is 29.7 Å². The van der Waals surface area contributed by atoms with Crippen LogP contribution in [0.4, 0.5) is 16.6 Å². The Bertz CT molecular complexity index is 928. The summed E-state index contributed by atoms with van der Waals surface area (Å²) in [7, 11) is 1.33. The number of aryl methyl sites for hydroxylation is 1. The molecule has 3 rings (SSSR count). The third-order valence-corrected chi connectivity index (χ3v) is 5.13. The number of esters is 1. The van der Waals surface area contributed by atoms with Gasteiger partial charge in [-0.2, -0.15) is 4.98 Å². The van der Waals surface area contributed by atoms with Crippen LogP contribution in [0.2, 0.25) is 0 Å². The van der Waals surface area contributed by atoms with Crippen LogP contribution in [0.1, 0.15) is 30.5 Å². The smallest absolute Gasteiger partial charge is 0.404 e. The summed E-state index contributed by atoms with van der Waals surface area (Å²) in [5, 5.41) is 2.79. The quantitative estimate of drug-likeness (QED) is 0.507. The van der Waals surface area contributed by atoms with E-state index < -0.39 is 6.09 Å². The fraction of sp³-hybridized carbons (Fsp3) is 0.435. The highest BCUT2D eigenvalue weighted by atomic mass is 16.5. The molecule has 0 bridgehead atoms. The topological polar surface area (TPSA) is 163 Å². The first-order valence-electron chi connectivity index (χ1n) is 10.9. The number of ether oxygens (including phenoxy) is 2. The molecular weight excluding hydrogens is 440 g/mol. The summed E-state index contributed by atoms with van der Waals surface area (Å²) in [4.78, 5) is 43.7. The molecule has 1 aromatic carbocycles. The van der Waals surface area contributed by atoms with Gasteiger partial charge in [-0.05, 0) is 25.3 Å². The van der Waals surface area contributed by atoms with Crippen LogP contribution in [0.25, 0.3) is 0 Å². The number of nitrogens with one attached hydrogen (secondary N) is 1. The first-order valence-corrected chi connectivity index (χ1v) is 10.9. The summed E-state index contributed by atoms with van der Waals surface area (Å²) in [6, 6.07) is 11.3. The molecule has 0 saturated carbocycles. The molecule has 0 radical (unpaired) electrons. The van der Waals surface area contributed by atoms with E-state index in [9.17, 15) is 14.4 Å². The van der Waals surface area contributed by atoms with Crippen LogP contribution in [0.15, 0.2) is 36.4 Å². The van der Waals surface area contributed by atoms with Crippen LogP contribution in [0.5, 0.6) is 0 Å². The molecule has 2 heterocycles. The van der Waals surface area contributed by atoms with E-state index in [1.165, 1.54) is 7.11 Å². The molecule has 5 N–H and O–H groups in total. The highest BCUT2D eigenvalue weighted by molar-refractivity contribution is 5.79. The van der Waals surface area contributed by atoms with Gasteiger partial charge < -0.3 is 31.2 Å². The zero-order valence-corrected chi connectivity index (χ0v) is 19.5. The van der Waals surface area contributed by atoms with Crippen molar-refractivity contribution in [1.82, 2.24) is 15.3 Å². The molecule has 1 aliphatic heterocycles. The Morgan fingerprint density at radius 3 is 2.41 bits per heavy atom. The molecular formula is C23H32N6O5. The zero-order chi connectivity index (χ0) is 24.9. The van der Waals surface area contributed by atoms with Crippen molar-refractivity contribution >= 4 is 29.7 Å². The second-order valence-electron chi connectivity index (χ2n) is 7.70. The van der Waals surface area contributed by atoms with Gasteiger partial charge in [-0.3, -0.25) is 9.59 Å². The van der Waals surface area contributed by atoms with Crippen molar-refractivity contribution in [2.24, 2.45) is 11.7 Å². The van der Waals surface area contributed by atoms with E-state index in [0.29, 0.717) is 6.54 Å². The summed E-state index contributed by atoms with van der Waals surface area (Å²) < 4.78 is 9.11. The molecule has 11 nitrogen and oxygen atoms in total.